The second kappa shape index (κ2) is 8.77. The number of carbonyl (C=O) groups is 1. The van der Waals surface area contributed by atoms with Crippen LogP contribution < -0.4 is 10.9 Å². The summed E-state index contributed by atoms with van der Waals surface area (Å²) >= 11 is 1.29. The fraction of sp³-hybridized carbons (Fsp3) is 0.174. The number of halogens is 1. The molecule has 1 aliphatic rings. The summed E-state index contributed by atoms with van der Waals surface area (Å²) in [6.07, 6.45) is 1.80. The Bertz CT molecular complexity index is 1220. The predicted octanol–water partition coefficient (Wildman–Crippen LogP) is 4.16. The molecule has 1 unspecified atom stereocenters. The van der Waals surface area contributed by atoms with E-state index in [4.69, 9.17) is 4.74 Å². The van der Waals surface area contributed by atoms with Crippen molar-refractivity contribution >= 4 is 29.2 Å². The molecule has 2 aromatic carbocycles. The Morgan fingerprint density at radius 3 is 2.65 bits per heavy atom. The molecule has 0 aliphatic carbocycles. The number of benzene rings is 2. The Kier molecular flexibility index (Phi) is 5.90. The molecule has 0 radical (unpaired) electrons. The molecule has 31 heavy (non-hydrogen) atoms. The van der Waals surface area contributed by atoms with Crippen molar-refractivity contribution in [1.29, 1.82) is 0 Å². The number of rotatable bonds is 5. The third-order valence-corrected chi connectivity index (χ3v) is 5.54. The van der Waals surface area contributed by atoms with Crippen molar-refractivity contribution in [3.8, 4) is 0 Å². The standard InChI is InChI=1S/C23H20FN3O3S/c1-3-30-22(29)17-16(14-10-7-11-15(24)12-14)18-20(26-23(31-2)27-21(18)28)25-19(17)13-8-5-4-6-9-13/h4-12,16H,3H2,1-2H3,(H2,25,26,27,28). The SMILES string of the molecule is CCOC(=O)C1=C(c2ccccc2)Nc2nc(SC)[nH]c(=O)c2C1c1cccc(F)c1. The van der Waals surface area contributed by atoms with Gasteiger partial charge in [-0.15, -0.1) is 0 Å². The topological polar surface area (TPSA) is 84.1 Å². The average Bonchev–Trinajstić information content (AvgIpc) is 2.78. The van der Waals surface area contributed by atoms with E-state index in [0.29, 0.717) is 22.2 Å². The van der Waals surface area contributed by atoms with Crippen molar-refractivity contribution in [3.05, 3.63) is 93.0 Å². The van der Waals surface area contributed by atoms with E-state index in [-0.39, 0.29) is 17.7 Å². The fourth-order valence-electron chi connectivity index (χ4n) is 3.68. The molecule has 6 nitrogen and oxygen atoms in total. The van der Waals surface area contributed by atoms with E-state index in [1.165, 1.54) is 23.9 Å². The quantitative estimate of drug-likeness (QED) is 0.354. The zero-order valence-electron chi connectivity index (χ0n) is 16.9. The van der Waals surface area contributed by atoms with Gasteiger partial charge in [-0.25, -0.2) is 14.2 Å². The molecule has 0 amide bonds. The molecule has 8 heteroatoms. The minimum absolute atomic E-state index is 0.160. The molecule has 158 valence electrons. The van der Waals surface area contributed by atoms with Gasteiger partial charge in [-0.1, -0.05) is 54.2 Å². The summed E-state index contributed by atoms with van der Waals surface area (Å²) in [6.45, 7) is 1.87. The first-order valence-corrected chi connectivity index (χ1v) is 10.9. The number of aromatic nitrogens is 2. The Hall–Kier alpha value is -3.39. The zero-order valence-corrected chi connectivity index (χ0v) is 17.8. The summed E-state index contributed by atoms with van der Waals surface area (Å²) in [7, 11) is 0. The zero-order chi connectivity index (χ0) is 22.0. The maximum atomic E-state index is 14.2. The predicted molar refractivity (Wildman–Crippen MR) is 118 cm³/mol. The third kappa shape index (κ3) is 3.98. The van der Waals surface area contributed by atoms with Gasteiger partial charge in [-0.3, -0.25) is 4.79 Å². The molecule has 2 N–H and O–H groups in total. The molecular weight excluding hydrogens is 417 g/mol. The second-order valence-electron chi connectivity index (χ2n) is 6.83. The van der Waals surface area contributed by atoms with Crippen LogP contribution in [0.1, 0.15) is 29.5 Å². The smallest absolute Gasteiger partial charge is 0.337 e. The number of fused-ring (bicyclic) bond motifs is 1. The van der Waals surface area contributed by atoms with Crippen LogP contribution in [0.15, 0.2) is 70.1 Å². The minimum Gasteiger partial charge on any atom is -0.463 e. The number of nitrogens with one attached hydrogen (secondary N) is 2. The van der Waals surface area contributed by atoms with Gasteiger partial charge in [0.15, 0.2) is 5.16 Å². The summed E-state index contributed by atoms with van der Waals surface area (Å²) in [5, 5.41) is 3.60. The van der Waals surface area contributed by atoms with Gasteiger partial charge in [0.25, 0.3) is 5.56 Å². The van der Waals surface area contributed by atoms with Gasteiger partial charge in [0, 0.05) is 0 Å². The van der Waals surface area contributed by atoms with Crippen LogP contribution in [-0.2, 0) is 9.53 Å². The van der Waals surface area contributed by atoms with Crippen molar-refractivity contribution in [1.82, 2.24) is 9.97 Å². The number of ether oxygens (including phenoxy) is 1. The summed E-state index contributed by atoms with van der Waals surface area (Å²) < 4.78 is 19.5. The highest BCUT2D eigenvalue weighted by Gasteiger charge is 2.38. The van der Waals surface area contributed by atoms with Crippen LogP contribution in [0.5, 0.6) is 0 Å². The molecule has 0 saturated carbocycles. The highest BCUT2D eigenvalue weighted by molar-refractivity contribution is 7.98. The van der Waals surface area contributed by atoms with Gasteiger partial charge in [-0.05, 0) is 36.4 Å². The number of hydrogen-bond donors (Lipinski definition) is 2. The first-order chi connectivity index (χ1) is 15.0. The lowest BCUT2D eigenvalue weighted by atomic mass is 9.81. The van der Waals surface area contributed by atoms with Crippen LogP contribution in [0.4, 0.5) is 10.2 Å². The Morgan fingerprint density at radius 1 is 1.19 bits per heavy atom. The molecule has 3 aromatic rings. The summed E-state index contributed by atoms with van der Waals surface area (Å²) in [5.41, 5.74) is 1.74. The highest BCUT2D eigenvalue weighted by Crippen LogP contribution is 2.43. The maximum absolute atomic E-state index is 14.2. The molecule has 4 rings (SSSR count). The molecular formula is C23H20FN3O3S. The van der Waals surface area contributed by atoms with Gasteiger partial charge < -0.3 is 15.0 Å². The molecule has 0 saturated heterocycles. The van der Waals surface area contributed by atoms with Crippen molar-refractivity contribution in [2.24, 2.45) is 0 Å². The maximum Gasteiger partial charge on any atom is 0.337 e. The molecule has 1 aromatic heterocycles. The average molecular weight is 437 g/mol. The number of carbonyl (C=O) groups excluding carboxylic acids is 1. The first kappa shape index (κ1) is 20.9. The Labute approximate surface area is 182 Å². The van der Waals surface area contributed by atoms with Crippen molar-refractivity contribution < 1.29 is 13.9 Å². The largest absolute Gasteiger partial charge is 0.463 e. The summed E-state index contributed by atoms with van der Waals surface area (Å²) in [5.74, 6) is -1.57. The Balaban J connectivity index is 2.06. The number of hydrogen-bond acceptors (Lipinski definition) is 6. The lowest BCUT2D eigenvalue weighted by molar-refractivity contribution is -0.138. The van der Waals surface area contributed by atoms with Crippen LogP contribution in [0, 0.1) is 5.82 Å². The van der Waals surface area contributed by atoms with Gasteiger partial charge in [0.2, 0.25) is 0 Å². The fourth-order valence-corrected chi connectivity index (χ4v) is 4.05. The van der Waals surface area contributed by atoms with Gasteiger partial charge >= 0.3 is 5.97 Å². The molecule has 1 aliphatic heterocycles. The molecule has 0 fully saturated rings. The lowest BCUT2D eigenvalue weighted by Crippen LogP contribution is -2.31. The van der Waals surface area contributed by atoms with E-state index in [2.05, 4.69) is 15.3 Å². The number of nitrogens with zero attached hydrogens (tertiary/aromatic N) is 1. The third-order valence-electron chi connectivity index (χ3n) is 4.96. The Morgan fingerprint density at radius 2 is 1.97 bits per heavy atom. The van der Waals surface area contributed by atoms with Crippen molar-refractivity contribution in [2.75, 3.05) is 18.2 Å². The summed E-state index contributed by atoms with van der Waals surface area (Å²) in [6, 6.07) is 15.1. The van der Waals surface area contributed by atoms with Gasteiger partial charge in [0.05, 0.1) is 29.4 Å². The van der Waals surface area contributed by atoms with Crippen LogP contribution in [-0.4, -0.2) is 28.8 Å². The van der Waals surface area contributed by atoms with Gasteiger partial charge in [-0.2, -0.15) is 0 Å². The van der Waals surface area contributed by atoms with E-state index in [1.54, 1.807) is 25.3 Å². The molecule has 0 bridgehead atoms. The van der Waals surface area contributed by atoms with Crippen LogP contribution in [0.3, 0.4) is 0 Å². The normalized spacial score (nSPS) is 15.3. The van der Waals surface area contributed by atoms with E-state index in [1.807, 2.05) is 30.3 Å². The van der Waals surface area contributed by atoms with E-state index in [0.717, 1.165) is 5.56 Å². The van der Waals surface area contributed by atoms with Crippen LogP contribution in [0.2, 0.25) is 0 Å². The van der Waals surface area contributed by atoms with Gasteiger partial charge in [0.1, 0.15) is 11.6 Å². The monoisotopic (exact) mass is 437 g/mol. The van der Waals surface area contributed by atoms with E-state index < -0.39 is 23.3 Å². The minimum atomic E-state index is -0.853. The number of esters is 1. The number of anilines is 1. The highest BCUT2D eigenvalue weighted by atomic mass is 32.2. The summed E-state index contributed by atoms with van der Waals surface area (Å²) in [4.78, 5) is 33.5. The van der Waals surface area contributed by atoms with Crippen molar-refractivity contribution in [3.63, 3.8) is 0 Å². The second-order valence-corrected chi connectivity index (χ2v) is 7.62. The van der Waals surface area contributed by atoms with Crippen LogP contribution >= 0.6 is 11.8 Å². The first-order valence-electron chi connectivity index (χ1n) is 9.70. The number of aromatic amines is 1. The number of thioether (sulfide) groups is 1. The molecule has 1 atom stereocenters. The van der Waals surface area contributed by atoms with E-state index >= 15 is 0 Å². The van der Waals surface area contributed by atoms with Crippen LogP contribution in [0.25, 0.3) is 5.70 Å². The molecule has 0 spiro atoms. The van der Waals surface area contributed by atoms with E-state index in [9.17, 15) is 14.0 Å². The number of H-pyrrole nitrogens is 1. The molecule has 2 heterocycles. The lowest BCUT2D eigenvalue weighted by Gasteiger charge is -2.30. The van der Waals surface area contributed by atoms with Crippen molar-refractivity contribution in [2.45, 2.75) is 18.0 Å².